The van der Waals surface area contributed by atoms with Crippen molar-refractivity contribution in [1.82, 2.24) is 10.3 Å². The fraction of sp³-hybridized carbons (Fsp3) is 0.0857. The Bertz CT molecular complexity index is 1780. The van der Waals surface area contributed by atoms with Crippen molar-refractivity contribution in [2.24, 2.45) is 0 Å². The lowest BCUT2D eigenvalue weighted by molar-refractivity contribution is -0.116. The molecule has 5 rings (SSSR count). The molecule has 1 heterocycles. The molecule has 0 fully saturated rings. The zero-order chi connectivity index (χ0) is 31.4. The van der Waals surface area contributed by atoms with Crippen LogP contribution in [-0.2, 0) is 9.59 Å². The Labute approximate surface area is 269 Å². The first-order chi connectivity index (χ1) is 22.0. The second-order valence-corrected chi connectivity index (χ2v) is 11.6. The van der Waals surface area contributed by atoms with Gasteiger partial charge in [-0.1, -0.05) is 72.8 Å². The van der Waals surface area contributed by atoms with Crippen molar-refractivity contribution < 1.29 is 19.1 Å². The Hall–Kier alpha value is -5.19. The van der Waals surface area contributed by atoms with Crippen molar-refractivity contribution in [3.63, 3.8) is 0 Å². The van der Waals surface area contributed by atoms with Crippen molar-refractivity contribution in [2.45, 2.75) is 17.1 Å². The number of hydrogen-bond acceptors (Lipinski definition) is 7. The predicted octanol–water partition coefficient (Wildman–Crippen LogP) is 7.42. The number of carbonyl (C=O) groups excluding carboxylic acids is 3. The van der Waals surface area contributed by atoms with Gasteiger partial charge in [0.25, 0.3) is 11.8 Å². The summed E-state index contributed by atoms with van der Waals surface area (Å²) in [5.74, 6) is -0.570. The molecular formula is C35H30N4O4S2. The molecule has 0 aliphatic rings. The van der Waals surface area contributed by atoms with Crippen LogP contribution < -0.4 is 20.7 Å². The molecule has 45 heavy (non-hydrogen) atoms. The number of nitrogens with zero attached hydrogens (tertiary/aromatic N) is 1. The van der Waals surface area contributed by atoms with Crippen LogP contribution in [0.3, 0.4) is 0 Å². The maximum absolute atomic E-state index is 13.7. The quantitative estimate of drug-likeness (QED) is 0.0973. The summed E-state index contributed by atoms with van der Waals surface area (Å²) in [5, 5.41) is 10.3. The molecule has 4 aromatic carbocycles. The monoisotopic (exact) mass is 634 g/mol. The normalized spacial score (nSPS) is 11.7. The lowest BCUT2D eigenvalue weighted by Crippen LogP contribution is -2.30. The van der Waals surface area contributed by atoms with E-state index in [4.69, 9.17) is 4.74 Å². The first-order valence-corrected chi connectivity index (χ1v) is 15.9. The van der Waals surface area contributed by atoms with Crippen LogP contribution in [0.2, 0.25) is 0 Å². The van der Waals surface area contributed by atoms with Crippen molar-refractivity contribution in [3.05, 3.63) is 143 Å². The van der Waals surface area contributed by atoms with Gasteiger partial charge < -0.3 is 20.7 Å². The van der Waals surface area contributed by atoms with E-state index in [0.29, 0.717) is 34.3 Å². The molecule has 1 atom stereocenters. The minimum Gasteiger partial charge on any atom is -0.493 e. The highest BCUT2D eigenvalue weighted by atomic mass is 32.2. The number of hydrogen-bond donors (Lipinski definition) is 3. The van der Waals surface area contributed by atoms with Gasteiger partial charge in [0, 0.05) is 33.3 Å². The maximum atomic E-state index is 13.7. The Morgan fingerprint density at radius 1 is 0.889 bits per heavy atom. The van der Waals surface area contributed by atoms with Gasteiger partial charge in [0.1, 0.15) is 16.7 Å². The van der Waals surface area contributed by atoms with Crippen LogP contribution in [0, 0.1) is 0 Å². The molecule has 1 unspecified atom stereocenters. The molecule has 5 aromatic rings. The molecule has 0 saturated carbocycles. The minimum atomic E-state index is -0.572. The summed E-state index contributed by atoms with van der Waals surface area (Å²) in [7, 11) is 0. The summed E-state index contributed by atoms with van der Waals surface area (Å²) in [6.07, 6.45) is 3.23. The fourth-order valence-corrected chi connectivity index (χ4v) is 5.94. The van der Waals surface area contributed by atoms with Gasteiger partial charge >= 0.3 is 0 Å². The summed E-state index contributed by atoms with van der Waals surface area (Å²) in [5.41, 5.74) is 2.41. The highest BCUT2D eigenvalue weighted by Gasteiger charge is 2.23. The van der Waals surface area contributed by atoms with E-state index in [0.717, 1.165) is 10.5 Å². The van der Waals surface area contributed by atoms with E-state index in [1.165, 1.54) is 23.1 Å². The summed E-state index contributed by atoms with van der Waals surface area (Å²) in [6, 6.07) is 32.6. The van der Waals surface area contributed by atoms with Crippen molar-refractivity contribution in [2.75, 3.05) is 17.2 Å². The molecular weight excluding hydrogens is 605 g/mol. The van der Waals surface area contributed by atoms with Gasteiger partial charge in [0.05, 0.1) is 6.61 Å². The van der Waals surface area contributed by atoms with Gasteiger partial charge in [0.2, 0.25) is 5.91 Å². The Balaban J connectivity index is 1.39. The van der Waals surface area contributed by atoms with Gasteiger partial charge in [-0.2, -0.15) is 0 Å². The third kappa shape index (κ3) is 8.69. The number of benzene rings is 4. The number of thiazole rings is 1. The van der Waals surface area contributed by atoms with Crippen LogP contribution in [0.1, 0.15) is 33.7 Å². The van der Waals surface area contributed by atoms with E-state index in [1.807, 2.05) is 67.6 Å². The maximum Gasteiger partial charge on any atom is 0.272 e. The van der Waals surface area contributed by atoms with Crippen LogP contribution in [-0.4, -0.2) is 29.3 Å². The van der Waals surface area contributed by atoms with Crippen molar-refractivity contribution in [1.29, 1.82) is 0 Å². The van der Waals surface area contributed by atoms with Crippen molar-refractivity contribution >= 4 is 57.7 Å². The van der Waals surface area contributed by atoms with E-state index in [2.05, 4.69) is 20.9 Å². The molecule has 10 heteroatoms. The van der Waals surface area contributed by atoms with Crippen molar-refractivity contribution in [3.8, 4) is 5.75 Å². The standard InChI is InChI=1S/C35H30N4O4S2/c1-2-43-30-19-10-9-16-26(30)22-29(38-32(40)25-14-7-4-8-15-25)33(41)37-27-17-11-18-28(23-27)45-31(24-12-5-3-6-13-24)34(42)39-35-36-20-21-44-35/h3-23,31H,2H2,1H3,(H,37,41)(H,38,40)(H,36,39,42)/b29-22+. The zero-order valence-electron chi connectivity index (χ0n) is 24.3. The first kappa shape index (κ1) is 31.2. The molecule has 226 valence electrons. The summed E-state index contributed by atoms with van der Waals surface area (Å²) in [4.78, 5) is 45.1. The van der Waals surface area contributed by atoms with Crippen LogP contribution in [0.25, 0.3) is 6.08 Å². The second-order valence-electron chi connectivity index (χ2n) is 9.57. The number of thioether (sulfide) groups is 1. The van der Waals surface area contributed by atoms with Crippen LogP contribution >= 0.6 is 23.1 Å². The summed E-state index contributed by atoms with van der Waals surface area (Å²) < 4.78 is 5.74. The first-order valence-electron chi connectivity index (χ1n) is 14.1. The minimum absolute atomic E-state index is 0.0408. The zero-order valence-corrected chi connectivity index (χ0v) is 25.9. The number of rotatable bonds is 12. The van der Waals surface area contributed by atoms with Gasteiger partial charge in [-0.25, -0.2) is 4.98 Å². The molecule has 1 aromatic heterocycles. The third-order valence-electron chi connectivity index (χ3n) is 6.40. The molecule has 3 amide bonds. The number of nitrogens with one attached hydrogen (secondary N) is 3. The Morgan fingerprint density at radius 3 is 2.36 bits per heavy atom. The van der Waals surface area contributed by atoms with Gasteiger partial charge in [-0.15, -0.1) is 23.1 Å². The lowest BCUT2D eigenvalue weighted by Gasteiger charge is -2.17. The number of para-hydroxylation sites is 1. The number of anilines is 2. The van der Waals surface area contributed by atoms with Gasteiger partial charge in [0.15, 0.2) is 5.13 Å². The van der Waals surface area contributed by atoms with E-state index >= 15 is 0 Å². The number of amides is 3. The summed E-state index contributed by atoms with van der Waals surface area (Å²) in [6.45, 7) is 2.32. The van der Waals surface area contributed by atoms with E-state index in [9.17, 15) is 14.4 Å². The molecule has 3 N–H and O–H groups in total. The average molecular weight is 635 g/mol. The highest BCUT2D eigenvalue weighted by Crippen LogP contribution is 2.37. The predicted molar refractivity (Wildman–Crippen MR) is 180 cm³/mol. The van der Waals surface area contributed by atoms with Gasteiger partial charge in [-0.3, -0.25) is 14.4 Å². The van der Waals surface area contributed by atoms with E-state index in [-0.39, 0.29) is 11.6 Å². The fourth-order valence-electron chi connectivity index (χ4n) is 4.32. The SMILES string of the molecule is CCOc1ccccc1/C=C(/NC(=O)c1ccccc1)C(=O)Nc1cccc(SC(C(=O)Nc2nccs2)c2ccccc2)c1. The molecule has 0 radical (unpaired) electrons. The van der Waals surface area contributed by atoms with Gasteiger partial charge in [-0.05, 0) is 55.0 Å². The van der Waals surface area contributed by atoms with Crippen LogP contribution in [0.4, 0.5) is 10.8 Å². The topological polar surface area (TPSA) is 109 Å². The molecule has 0 saturated heterocycles. The molecule has 0 bridgehead atoms. The number of aromatic nitrogens is 1. The summed E-state index contributed by atoms with van der Waals surface area (Å²) >= 11 is 2.70. The lowest BCUT2D eigenvalue weighted by atomic mass is 10.1. The van der Waals surface area contributed by atoms with E-state index < -0.39 is 17.1 Å². The van der Waals surface area contributed by atoms with E-state index in [1.54, 1.807) is 66.2 Å². The molecule has 8 nitrogen and oxygen atoms in total. The Kier molecular flexibility index (Phi) is 10.8. The second kappa shape index (κ2) is 15.5. The smallest absolute Gasteiger partial charge is 0.272 e. The third-order valence-corrected chi connectivity index (χ3v) is 8.33. The van der Waals surface area contributed by atoms with Crippen LogP contribution in [0.5, 0.6) is 5.75 Å². The number of carbonyl (C=O) groups is 3. The van der Waals surface area contributed by atoms with Crippen LogP contribution in [0.15, 0.2) is 131 Å². The molecule has 0 aliphatic carbocycles. The largest absolute Gasteiger partial charge is 0.493 e. The molecule has 0 aliphatic heterocycles. The molecule has 0 spiro atoms. The Morgan fingerprint density at radius 2 is 1.62 bits per heavy atom. The average Bonchev–Trinajstić information content (AvgIpc) is 3.58. The highest BCUT2D eigenvalue weighted by molar-refractivity contribution is 8.00. The number of ether oxygens (including phenoxy) is 1.